The second kappa shape index (κ2) is 5.69. The van der Waals surface area contributed by atoms with Crippen LogP contribution in [0.3, 0.4) is 0 Å². The summed E-state index contributed by atoms with van der Waals surface area (Å²) in [5.74, 6) is 0.701. The van der Waals surface area contributed by atoms with Crippen molar-refractivity contribution >= 4 is 23.2 Å². The van der Waals surface area contributed by atoms with Crippen molar-refractivity contribution in [2.45, 2.75) is 26.4 Å². The number of aromatic nitrogens is 3. The third-order valence-corrected chi connectivity index (χ3v) is 2.94. The fourth-order valence-electron chi connectivity index (χ4n) is 1.47. The van der Waals surface area contributed by atoms with Crippen molar-refractivity contribution in [2.24, 2.45) is 0 Å². The molecule has 4 nitrogen and oxygen atoms in total. The summed E-state index contributed by atoms with van der Waals surface area (Å²) in [4.78, 5) is 4.23. The summed E-state index contributed by atoms with van der Waals surface area (Å²) in [5.41, 5.74) is 0.988. The fourth-order valence-corrected chi connectivity index (χ4v) is 1.77. The van der Waals surface area contributed by atoms with Gasteiger partial charge >= 0.3 is 0 Å². The molecule has 6 heteroatoms. The van der Waals surface area contributed by atoms with Crippen molar-refractivity contribution in [3.8, 4) is 5.82 Å². The van der Waals surface area contributed by atoms with Gasteiger partial charge in [0.25, 0.3) is 0 Å². The Morgan fingerprint density at radius 3 is 2.72 bits per heavy atom. The predicted molar refractivity (Wildman–Crippen MR) is 73.4 cm³/mol. The van der Waals surface area contributed by atoms with Gasteiger partial charge in [-0.2, -0.15) is 5.10 Å². The molecule has 1 N–H and O–H groups in total. The number of hydrogen-bond acceptors (Lipinski definition) is 3. The summed E-state index contributed by atoms with van der Waals surface area (Å²) < 4.78 is 1.62. The Balaban J connectivity index is 2.25. The zero-order valence-corrected chi connectivity index (χ0v) is 11.7. The van der Waals surface area contributed by atoms with E-state index in [9.17, 15) is 0 Å². The molecule has 2 aromatic rings. The summed E-state index contributed by atoms with van der Waals surface area (Å²) in [6.07, 6.45) is 4.91. The highest BCUT2D eigenvalue weighted by atomic mass is 35.5. The number of halogens is 2. The van der Waals surface area contributed by atoms with Crippen molar-refractivity contribution in [3.63, 3.8) is 0 Å². The lowest BCUT2D eigenvalue weighted by Gasteiger charge is -2.10. The van der Waals surface area contributed by atoms with Gasteiger partial charge in [0.15, 0.2) is 5.82 Å². The molecule has 0 saturated heterocycles. The predicted octanol–water partition coefficient (Wildman–Crippen LogP) is 3.07. The van der Waals surface area contributed by atoms with E-state index < -0.39 is 0 Å². The molecule has 0 aliphatic rings. The van der Waals surface area contributed by atoms with Crippen molar-refractivity contribution in [3.05, 3.63) is 40.3 Å². The summed E-state index contributed by atoms with van der Waals surface area (Å²) in [5, 5.41) is 8.65. The highest BCUT2D eigenvalue weighted by Gasteiger charge is 2.06. The van der Waals surface area contributed by atoms with Gasteiger partial charge in [-0.15, -0.1) is 0 Å². The molecule has 0 aliphatic carbocycles. The Morgan fingerprint density at radius 1 is 1.33 bits per heavy atom. The first-order valence-electron chi connectivity index (χ1n) is 5.64. The normalized spacial score (nSPS) is 11.2. The number of pyridine rings is 1. The van der Waals surface area contributed by atoms with E-state index in [0.717, 1.165) is 5.56 Å². The van der Waals surface area contributed by atoms with Crippen LogP contribution in [0.5, 0.6) is 0 Å². The van der Waals surface area contributed by atoms with E-state index in [1.165, 1.54) is 0 Å². The molecular weight excluding hydrogens is 271 g/mol. The van der Waals surface area contributed by atoms with E-state index in [0.29, 0.717) is 28.4 Å². The van der Waals surface area contributed by atoms with E-state index in [1.54, 1.807) is 23.3 Å². The molecule has 0 radical (unpaired) electrons. The Labute approximate surface area is 116 Å². The zero-order valence-electron chi connectivity index (χ0n) is 10.2. The van der Waals surface area contributed by atoms with E-state index in [1.807, 2.05) is 6.07 Å². The van der Waals surface area contributed by atoms with Crippen LogP contribution in [0.1, 0.15) is 19.4 Å². The summed E-state index contributed by atoms with van der Waals surface area (Å²) in [6, 6.07) is 2.30. The molecule has 0 amide bonds. The number of rotatable bonds is 4. The second-order valence-corrected chi connectivity index (χ2v) is 5.12. The molecule has 2 aromatic heterocycles. The Hall–Kier alpha value is -1.10. The molecular formula is C12H14Cl2N4. The maximum atomic E-state index is 6.11. The highest BCUT2D eigenvalue weighted by molar-refractivity contribution is 6.31. The summed E-state index contributed by atoms with van der Waals surface area (Å²) in [6.45, 7) is 4.87. The molecule has 0 aromatic carbocycles. The van der Waals surface area contributed by atoms with Crippen LogP contribution >= 0.6 is 23.2 Å². The Morgan fingerprint density at radius 2 is 2.11 bits per heavy atom. The minimum absolute atomic E-state index is 0.400. The Kier molecular flexibility index (Phi) is 4.22. The van der Waals surface area contributed by atoms with Crippen molar-refractivity contribution in [1.29, 1.82) is 0 Å². The Bertz CT molecular complexity index is 537. The van der Waals surface area contributed by atoms with Crippen LogP contribution in [0.4, 0.5) is 0 Å². The molecule has 0 spiro atoms. The third kappa shape index (κ3) is 3.22. The third-order valence-electron chi connectivity index (χ3n) is 2.41. The number of nitrogens with one attached hydrogen (secondary N) is 1. The molecule has 18 heavy (non-hydrogen) atoms. The standard InChI is InChI=1S/C12H14Cl2N4/c1-8(2)15-4-9-3-12(16-6-11(9)14)18-7-10(13)5-17-18/h3,5-8,15H,4H2,1-2H3. The van der Waals surface area contributed by atoms with Gasteiger partial charge < -0.3 is 5.32 Å². The molecule has 0 atom stereocenters. The first-order valence-corrected chi connectivity index (χ1v) is 6.40. The van der Waals surface area contributed by atoms with Crippen LogP contribution in [0.2, 0.25) is 10.0 Å². The van der Waals surface area contributed by atoms with Crippen LogP contribution in [0.25, 0.3) is 5.82 Å². The molecule has 2 rings (SSSR count). The first-order chi connectivity index (χ1) is 8.56. The van der Waals surface area contributed by atoms with E-state index in [-0.39, 0.29) is 0 Å². The van der Waals surface area contributed by atoms with Gasteiger partial charge in [-0.3, -0.25) is 0 Å². The van der Waals surface area contributed by atoms with E-state index >= 15 is 0 Å². The minimum atomic E-state index is 0.400. The van der Waals surface area contributed by atoms with Crippen LogP contribution < -0.4 is 5.32 Å². The lowest BCUT2D eigenvalue weighted by atomic mass is 10.2. The summed E-state index contributed by atoms with van der Waals surface area (Å²) >= 11 is 11.9. The van der Waals surface area contributed by atoms with Crippen LogP contribution in [0, 0.1) is 0 Å². The largest absolute Gasteiger partial charge is 0.310 e. The smallest absolute Gasteiger partial charge is 0.153 e. The van der Waals surface area contributed by atoms with Crippen LogP contribution in [0.15, 0.2) is 24.7 Å². The SMILES string of the molecule is CC(C)NCc1cc(-n2cc(Cl)cn2)ncc1Cl. The van der Waals surface area contributed by atoms with Gasteiger partial charge in [-0.1, -0.05) is 37.0 Å². The number of nitrogens with zero attached hydrogens (tertiary/aromatic N) is 3. The minimum Gasteiger partial charge on any atom is -0.310 e. The average molecular weight is 285 g/mol. The van der Waals surface area contributed by atoms with Gasteiger partial charge in [-0.25, -0.2) is 9.67 Å². The molecule has 0 aliphatic heterocycles. The molecule has 0 fully saturated rings. The van der Waals surface area contributed by atoms with E-state index in [4.69, 9.17) is 23.2 Å². The molecule has 0 bridgehead atoms. The zero-order chi connectivity index (χ0) is 13.1. The second-order valence-electron chi connectivity index (χ2n) is 4.27. The molecule has 2 heterocycles. The van der Waals surface area contributed by atoms with Crippen molar-refractivity contribution < 1.29 is 0 Å². The maximum Gasteiger partial charge on any atom is 0.153 e. The van der Waals surface area contributed by atoms with Crippen molar-refractivity contribution in [2.75, 3.05) is 0 Å². The van der Waals surface area contributed by atoms with Gasteiger partial charge in [0.2, 0.25) is 0 Å². The quantitative estimate of drug-likeness (QED) is 0.938. The summed E-state index contributed by atoms with van der Waals surface area (Å²) in [7, 11) is 0. The molecule has 0 unspecified atom stereocenters. The average Bonchev–Trinajstić information content (AvgIpc) is 2.74. The van der Waals surface area contributed by atoms with Gasteiger partial charge in [-0.05, 0) is 11.6 Å². The van der Waals surface area contributed by atoms with Gasteiger partial charge in [0.05, 0.1) is 22.4 Å². The lowest BCUT2D eigenvalue weighted by molar-refractivity contribution is 0.588. The topological polar surface area (TPSA) is 42.7 Å². The number of hydrogen-bond donors (Lipinski definition) is 1. The molecule has 0 saturated carbocycles. The highest BCUT2D eigenvalue weighted by Crippen LogP contribution is 2.18. The van der Waals surface area contributed by atoms with Crippen LogP contribution in [-0.4, -0.2) is 20.8 Å². The maximum absolute atomic E-state index is 6.11. The van der Waals surface area contributed by atoms with Crippen LogP contribution in [-0.2, 0) is 6.54 Å². The van der Waals surface area contributed by atoms with Crippen molar-refractivity contribution in [1.82, 2.24) is 20.1 Å². The van der Waals surface area contributed by atoms with Gasteiger partial charge in [0, 0.05) is 18.8 Å². The lowest BCUT2D eigenvalue weighted by Crippen LogP contribution is -2.22. The van der Waals surface area contributed by atoms with E-state index in [2.05, 4.69) is 29.2 Å². The first kappa shape index (κ1) is 13.3. The monoisotopic (exact) mass is 284 g/mol. The van der Waals surface area contributed by atoms with Gasteiger partial charge in [0.1, 0.15) is 0 Å². The fraction of sp³-hybridized carbons (Fsp3) is 0.333. The molecule has 96 valence electrons.